The van der Waals surface area contributed by atoms with Crippen molar-refractivity contribution in [2.24, 2.45) is 5.73 Å². The Bertz CT molecular complexity index is 325. The predicted octanol–water partition coefficient (Wildman–Crippen LogP) is 1.75. The Morgan fingerprint density at radius 2 is 2.14 bits per heavy atom. The Hall–Kier alpha value is -1.30. The molecule has 0 aliphatic heterocycles. The molecule has 0 aliphatic carbocycles. The van der Waals surface area contributed by atoms with Crippen LogP contribution >= 0.6 is 0 Å². The molecule has 0 spiro atoms. The molecule has 0 bridgehead atoms. The summed E-state index contributed by atoms with van der Waals surface area (Å²) >= 11 is 0. The molecule has 0 atom stereocenters. The Kier molecular flexibility index (Phi) is 2.95. The zero-order chi connectivity index (χ0) is 10.8. The molecule has 0 fully saturated rings. The van der Waals surface area contributed by atoms with Gasteiger partial charge in [0.2, 0.25) is 0 Å². The summed E-state index contributed by atoms with van der Waals surface area (Å²) < 4.78 is 39.4. The Balaban J connectivity index is 2.95. The highest BCUT2D eigenvalue weighted by molar-refractivity contribution is 5.32. The molecule has 0 aromatic carbocycles. The molecule has 1 heterocycles. The summed E-state index contributed by atoms with van der Waals surface area (Å²) in [6, 6.07) is 1.18. The summed E-state index contributed by atoms with van der Waals surface area (Å²) in [6.45, 7) is 1.56. The fourth-order valence-corrected chi connectivity index (χ4v) is 0.892. The van der Waals surface area contributed by atoms with Gasteiger partial charge in [-0.05, 0) is 6.92 Å². The summed E-state index contributed by atoms with van der Waals surface area (Å²) in [7, 11) is 0. The molecule has 0 aliphatic rings. The molecule has 2 N–H and O–H groups in total. The van der Waals surface area contributed by atoms with Crippen LogP contribution in [0.3, 0.4) is 0 Å². The molecule has 14 heavy (non-hydrogen) atoms. The molecule has 0 amide bonds. The van der Waals surface area contributed by atoms with Crippen LogP contribution in [0.15, 0.2) is 12.3 Å². The standard InChI is InChI=1S/C8H9F3N2O/c1-5-4-13-6(3-12)2-7(5)14-8(9,10)11/h2,4H,3,12H2,1H3. The molecule has 1 aromatic heterocycles. The fraction of sp³-hybridized carbons (Fsp3) is 0.375. The third kappa shape index (κ3) is 2.88. The zero-order valence-corrected chi connectivity index (χ0v) is 7.43. The van der Waals surface area contributed by atoms with Gasteiger partial charge in [-0.15, -0.1) is 13.2 Å². The van der Waals surface area contributed by atoms with Crippen LogP contribution in [0, 0.1) is 6.92 Å². The van der Waals surface area contributed by atoms with Gasteiger partial charge in [-0.3, -0.25) is 4.98 Å². The van der Waals surface area contributed by atoms with Gasteiger partial charge in [0.05, 0.1) is 5.69 Å². The lowest BCUT2D eigenvalue weighted by Crippen LogP contribution is -2.18. The number of hydrogen-bond donors (Lipinski definition) is 1. The van der Waals surface area contributed by atoms with Crippen molar-refractivity contribution in [2.45, 2.75) is 19.8 Å². The van der Waals surface area contributed by atoms with Crippen molar-refractivity contribution in [3.63, 3.8) is 0 Å². The maximum Gasteiger partial charge on any atom is 0.573 e. The second-order valence-electron chi connectivity index (χ2n) is 2.69. The number of aromatic nitrogens is 1. The molecule has 6 heteroatoms. The van der Waals surface area contributed by atoms with Gasteiger partial charge >= 0.3 is 6.36 Å². The molecule has 0 saturated heterocycles. The number of aryl methyl sites for hydroxylation is 1. The number of pyridine rings is 1. The van der Waals surface area contributed by atoms with E-state index in [1.54, 1.807) is 0 Å². The molecule has 0 radical (unpaired) electrons. The fourth-order valence-electron chi connectivity index (χ4n) is 0.892. The van der Waals surface area contributed by atoms with Gasteiger partial charge in [0.1, 0.15) is 5.75 Å². The first kappa shape index (κ1) is 10.8. The lowest BCUT2D eigenvalue weighted by atomic mass is 10.2. The maximum absolute atomic E-state index is 11.9. The number of alkyl halides is 3. The Labute approximate surface area is 78.7 Å². The first-order valence-corrected chi connectivity index (χ1v) is 3.83. The lowest BCUT2D eigenvalue weighted by molar-refractivity contribution is -0.274. The Morgan fingerprint density at radius 3 is 2.64 bits per heavy atom. The molecular formula is C8H9F3N2O. The van der Waals surface area contributed by atoms with E-state index in [0.717, 1.165) is 0 Å². The van der Waals surface area contributed by atoms with E-state index >= 15 is 0 Å². The van der Waals surface area contributed by atoms with Gasteiger partial charge in [-0.2, -0.15) is 0 Å². The van der Waals surface area contributed by atoms with Crippen LogP contribution in [0.2, 0.25) is 0 Å². The topological polar surface area (TPSA) is 48.1 Å². The van der Waals surface area contributed by atoms with Crippen LogP contribution in [0.1, 0.15) is 11.3 Å². The quantitative estimate of drug-likeness (QED) is 0.801. The van der Waals surface area contributed by atoms with Crippen molar-refractivity contribution in [3.8, 4) is 5.75 Å². The molecule has 3 nitrogen and oxygen atoms in total. The van der Waals surface area contributed by atoms with Gasteiger partial charge in [0.15, 0.2) is 0 Å². The van der Waals surface area contributed by atoms with Gasteiger partial charge in [0, 0.05) is 24.4 Å². The van der Waals surface area contributed by atoms with Crippen molar-refractivity contribution in [1.82, 2.24) is 4.98 Å². The lowest BCUT2D eigenvalue weighted by Gasteiger charge is -2.11. The first-order valence-electron chi connectivity index (χ1n) is 3.83. The van der Waals surface area contributed by atoms with E-state index in [0.29, 0.717) is 11.3 Å². The average Bonchev–Trinajstić information content (AvgIpc) is 2.06. The molecule has 1 rings (SSSR count). The summed E-state index contributed by atoms with van der Waals surface area (Å²) in [6.07, 6.45) is -3.39. The van der Waals surface area contributed by atoms with E-state index in [1.165, 1.54) is 19.2 Å². The number of nitrogens with two attached hydrogens (primary N) is 1. The smallest absolute Gasteiger partial charge is 0.405 e. The molecule has 1 aromatic rings. The highest BCUT2D eigenvalue weighted by Gasteiger charge is 2.31. The van der Waals surface area contributed by atoms with Crippen molar-refractivity contribution in [1.29, 1.82) is 0 Å². The zero-order valence-electron chi connectivity index (χ0n) is 7.43. The van der Waals surface area contributed by atoms with Crippen molar-refractivity contribution < 1.29 is 17.9 Å². The number of halogens is 3. The number of ether oxygens (including phenoxy) is 1. The van der Waals surface area contributed by atoms with E-state index in [1.807, 2.05) is 0 Å². The SMILES string of the molecule is Cc1cnc(CN)cc1OC(F)(F)F. The van der Waals surface area contributed by atoms with Crippen molar-refractivity contribution >= 4 is 0 Å². The highest BCUT2D eigenvalue weighted by Crippen LogP contribution is 2.25. The number of hydrogen-bond acceptors (Lipinski definition) is 3. The van der Waals surface area contributed by atoms with E-state index in [9.17, 15) is 13.2 Å². The minimum absolute atomic E-state index is 0.0779. The first-order chi connectivity index (χ1) is 6.42. The van der Waals surface area contributed by atoms with Crippen molar-refractivity contribution in [3.05, 3.63) is 23.5 Å². The third-order valence-corrected chi connectivity index (χ3v) is 1.55. The number of rotatable bonds is 2. The van der Waals surface area contributed by atoms with Crippen molar-refractivity contribution in [2.75, 3.05) is 0 Å². The second-order valence-corrected chi connectivity index (χ2v) is 2.69. The second kappa shape index (κ2) is 3.83. The number of nitrogens with zero attached hydrogens (tertiary/aromatic N) is 1. The van der Waals surface area contributed by atoms with Gasteiger partial charge in [-0.1, -0.05) is 0 Å². The maximum atomic E-state index is 11.9. The molecule has 0 saturated carbocycles. The van der Waals surface area contributed by atoms with Crippen LogP contribution in [0.4, 0.5) is 13.2 Å². The predicted molar refractivity (Wildman–Crippen MR) is 43.5 cm³/mol. The Morgan fingerprint density at radius 1 is 1.50 bits per heavy atom. The van der Waals surface area contributed by atoms with E-state index in [-0.39, 0.29) is 12.3 Å². The van der Waals surface area contributed by atoms with E-state index in [2.05, 4.69) is 9.72 Å². The normalized spacial score (nSPS) is 11.5. The van der Waals surface area contributed by atoms with Gasteiger partial charge < -0.3 is 10.5 Å². The highest BCUT2D eigenvalue weighted by atomic mass is 19.4. The minimum atomic E-state index is -4.68. The van der Waals surface area contributed by atoms with Crippen LogP contribution in [-0.2, 0) is 6.54 Å². The summed E-state index contributed by atoms with van der Waals surface area (Å²) in [5, 5.41) is 0. The third-order valence-electron chi connectivity index (χ3n) is 1.55. The van der Waals surface area contributed by atoms with Crippen LogP contribution in [0.25, 0.3) is 0 Å². The summed E-state index contributed by atoms with van der Waals surface area (Å²) in [4.78, 5) is 3.82. The average molecular weight is 206 g/mol. The monoisotopic (exact) mass is 206 g/mol. The van der Waals surface area contributed by atoms with Crippen LogP contribution in [0.5, 0.6) is 5.75 Å². The largest absolute Gasteiger partial charge is 0.573 e. The van der Waals surface area contributed by atoms with Gasteiger partial charge in [-0.25, -0.2) is 0 Å². The molecule has 78 valence electrons. The van der Waals surface area contributed by atoms with E-state index < -0.39 is 6.36 Å². The van der Waals surface area contributed by atoms with Crippen LogP contribution < -0.4 is 10.5 Å². The summed E-state index contributed by atoms with van der Waals surface area (Å²) in [5.41, 5.74) is 5.91. The van der Waals surface area contributed by atoms with E-state index in [4.69, 9.17) is 5.73 Å². The molecule has 0 unspecified atom stereocenters. The minimum Gasteiger partial charge on any atom is -0.405 e. The molecular weight excluding hydrogens is 197 g/mol. The van der Waals surface area contributed by atoms with Gasteiger partial charge in [0.25, 0.3) is 0 Å². The summed E-state index contributed by atoms with van der Waals surface area (Å²) in [5.74, 6) is -0.257. The van der Waals surface area contributed by atoms with Crippen LogP contribution in [-0.4, -0.2) is 11.3 Å².